The van der Waals surface area contributed by atoms with E-state index in [1.54, 1.807) is 6.07 Å². The second-order valence-electron chi connectivity index (χ2n) is 4.95. The summed E-state index contributed by atoms with van der Waals surface area (Å²) in [6.07, 6.45) is 4.48. The van der Waals surface area contributed by atoms with Gasteiger partial charge < -0.3 is 0 Å². The van der Waals surface area contributed by atoms with Gasteiger partial charge in [0.1, 0.15) is 11.1 Å². The minimum absolute atomic E-state index is 0.103. The van der Waals surface area contributed by atoms with Crippen molar-refractivity contribution >= 4 is 17.3 Å². The standard InChI is InChI=1S/C14H16ClN3O2/c15-12-6-5-11(9-13(12)18(19)20)14(10-16)17-7-3-1-2-4-8-17/h5-6,9,14H,1-4,7-8H2. The molecule has 0 aromatic heterocycles. The summed E-state index contributed by atoms with van der Waals surface area (Å²) < 4.78 is 0. The first kappa shape index (κ1) is 14.8. The molecule has 1 unspecified atom stereocenters. The maximum atomic E-state index is 10.9. The maximum Gasteiger partial charge on any atom is 0.288 e. The van der Waals surface area contributed by atoms with Gasteiger partial charge in [-0.15, -0.1) is 0 Å². The number of hydrogen-bond acceptors (Lipinski definition) is 4. The van der Waals surface area contributed by atoms with E-state index in [0.29, 0.717) is 5.56 Å². The van der Waals surface area contributed by atoms with Gasteiger partial charge in [0.2, 0.25) is 0 Å². The summed E-state index contributed by atoms with van der Waals surface area (Å²) in [5, 5.41) is 20.5. The third-order valence-electron chi connectivity index (χ3n) is 3.61. The van der Waals surface area contributed by atoms with Crippen LogP contribution in [-0.2, 0) is 0 Å². The van der Waals surface area contributed by atoms with E-state index in [4.69, 9.17) is 11.6 Å². The smallest absolute Gasteiger partial charge is 0.284 e. The minimum Gasteiger partial charge on any atom is -0.284 e. The molecule has 1 atom stereocenters. The monoisotopic (exact) mass is 293 g/mol. The molecule has 20 heavy (non-hydrogen) atoms. The van der Waals surface area contributed by atoms with Gasteiger partial charge in [-0.25, -0.2) is 0 Å². The molecular formula is C14H16ClN3O2. The van der Waals surface area contributed by atoms with Gasteiger partial charge in [0, 0.05) is 6.07 Å². The average molecular weight is 294 g/mol. The van der Waals surface area contributed by atoms with E-state index in [2.05, 4.69) is 11.0 Å². The fraction of sp³-hybridized carbons (Fsp3) is 0.500. The second kappa shape index (κ2) is 6.69. The Hall–Kier alpha value is -1.64. The van der Waals surface area contributed by atoms with Crippen LogP contribution in [-0.4, -0.2) is 22.9 Å². The fourth-order valence-corrected chi connectivity index (χ4v) is 2.75. The molecule has 0 bridgehead atoms. The van der Waals surface area contributed by atoms with Gasteiger partial charge in [0.05, 0.1) is 11.0 Å². The third kappa shape index (κ3) is 3.27. The predicted molar refractivity (Wildman–Crippen MR) is 76.5 cm³/mol. The lowest BCUT2D eigenvalue weighted by atomic mass is 10.1. The number of hydrogen-bond donors (Lipinski definition) is 0. The topological polar surface area (TPSA) is 70.2 Å². The highest BCUT2D eigenvalue weighted by molar-refractivity contribution is 6.32. The number of nitro groups is 1. The molecule has 1 aliphatic heterocycles. The van der Waals surface area contributed by atoms with Crippen molar-refractivity contribution in [2.45, 2.75) is 31.7 Å². The molecule has 6 heteroatoms. The Kier molecular flexibility index (Phi) is 4.94. The Morgan fingerprint density at radius 3 is 2.50 bits per heavy atom. The largest absolute Gasteiger partial charge is 0.288 e. The fourth-order valence-electron chi connectivity index (χ4n) is 2.56. The zero-order chi connectivity index (χ0) is 14.5. The Labute approximate surface area is 122 Å². The summed E-state index contributed by atoms with van der Waals surface area (Å²) in [6.45, 7) is 1.71. The first-order valence-corrected chi connectivity index (χ1v) is 7.09. The van der Waals surface area contributed by atoms with Crippen LogP contribution in [0.1, 0.15) is 37.3 Å². The Bertz CT molecular complexity index is 534. The van der Waals surface area contributed by atoms with Crippen LogP contribution in [0.25, 0.3) is 0 Å². The molecule has 1 aromatic carbocycles. The van der Waals surface area contributed by atoms with Crippen LogP contribution in [0.15, 0.2) is 18.2 Å². The van der Waals surface area contributed by atoms with Crippen LogP contribution in [0.2, 0.25) is 5.02 Å². The highest BCUT2D eigenvalue weighted by atomic mass is 35.5. The van der Waals surface area contributed by atoms with Crippen molar-refractivity contribution in [2.24, 2.45) is 0 Å². The molecule has 1 fully saturated rings. The number of halogens is 1. The van der Waals surface area contributed by atoms with Crippen molar-refractivity contribution in [1.29, 1.82) is 5.26 Å². The number of nitriles is 1. The lowest BCUT2D eigenvalue weighted by molar-refractivity contribution is -0.384. The number of rotatable bonds is 3. The van der Waals surface area contributed by atoms with E-state index in [-0.39, 0.29) is 10.7 Å². The van der Waals surface area contributed by atoms with E-state index >= 15 is 0 Å². The Morgan fingerprint density at radius 1 is 1.30 bits per heavy atom. The normalized spacial score (nSPS) is 18.0. The molecule has 5 nitrogen and oxygen atoms in total. The highest BCUT2D eigenvalue weighted by Gasteiger charge is 2.24. The summed E-state index contributed by atoms with van der Waals surface area (Å²) in [5.74, 6) is 0. The van der Waals surface area contributed by atoms with E-state index in [1.165, 1.54) is 25.0 Å². The van der Waals surface area contributed by atoms with E-state index in [0.717, 1.165) is 25.9 Å². The van der Waals surface area contributed by atoms with Crippen LogP contribution in [0.5, 0.6) is 0 Å². The number of nitrogens with zero attached hydrogens (tertiary/aromatic N) is 3. The van der Waals surface area contributed by atoms with Crippen molar-refractivity contribution in [3.05, 3.63) is 38.9 Å². The van der Waals surface area contributed by atoms with Crippen molar-refractivity contribution in [2.75, 3.05) is 13.1 Å². The maximum absolute atomic E-state index is 10.9. The lowest BCUT2D eigenvalue weighted by Gasteiger charge is -2.25. The van der Waals surface area contributed by atoms with Crippen LogP contribution in [0.3, 0.4) is 0 Å². The molecule has 1 aromatic rings. The lowest BCUT2D eigenvalue weighted by Crippen LogP contribution is -2.28. The molecule has 2 rings (SSSR count). The third-order valence-corrected chi connectivity index (χ3v) is 3.93. The van der Waals surface area contributed by atoms with Crippen molar-refractivity contribution in [3.63, 3.8) is 0 Å². The van der Waals surface area contributed by atoms with Gasteiger partial charge in [-0.1, -0.05) is 30.5 Å². The molecule has 0 saturated carbocycles. The zero-order valence-corrected chi connectivity index (χ0v) is 11.8. The number of benzene rings is 1. The molecule has 0 amide bonds. The van der Waals surface area contributed by atoms with E-state index in [1.807, 2.05) is 0 Å². The first-order valence-electron chi connectivity index (χ1n) is 6.71. The molecule has 0 aliphatic carbocycles. The molecule has 0 N–H and O–H groups in total. The number of nitro benzene ring substituents is 1. The predicted octanol–water partition coefficient (Wildman–Crippen LogP) is 3.69. The summed E-state index contributed by atoms with van der Waals surface area (Å²) in [5.41, 5.74) is 0.504. The molecule has 1 heterocycles. The minimum atomic E-state index is -0.511. The quantitative estimate of drug-likeness (QED) is 0.629. The number of likely N-dealkylation sites (tertiary alicyclic amines) is 1. The molecule has 1 aliphatic rings. The van der Waals surface area contributed by atoms with Gasteiger partial charge in [-0.3, -0.25) is 15.0 Å². The van der Waals surface area contributed by atoms with Crippen LogP contribution < -0.4 is 0 Å². The van der Waals surface area contributed by atoms with Gasteiger partial charge in [0.15, 0.2) is 0 Å². The molecule has 0 spiro atoms. The summed E-state index contributed by atoms with van der Waals surface area (Å²) in [6, 6.07) is 6.44. The second-order valence-corrected chi connectivity index (χ2v) is 5.36. The van der Waals surface area contributed by atoms with E-state index in [9.17, 15) is 15.4 Å². The SMILES string of the molecule is N#CC(c1ccc(Cl)c([N+](=O)[O-])c1)N1CCCCCC1. The average Bonchev–Trinajstić information content (AvgIpc) is 2.70. The zero-order valence-electron chi connectivity index (χ0n) is 11.1. The van der Waals surface area contributed by atoms with Gasteiger partial charge >= 0.3 is 0 Å². The van der Waals surface area contributed by atoms with Gasteiger partial charge in [-0.05, 0) is 37.6 Å². The summed E-state index contributed by atoms with van der Waals surface area (Å²) in [7, 11) is 0. The van der Waals surface area contributed by atoms with E-state index < -0.39 is 11.0 Å². The Balaban J connectivity index is 2.29. The highest BCUT2D eigenvalue weighted by Crippen LogP contribution is 2.30. The molecule has 106 valence electrons. The van der Waals surface area contributed by atoms with Crippen LogP contribution in [0, 0.1) is 21.4 Å². The van der Waals surface area contributed by atoms with Crippen molar-refractivity contribution < 1.29 is 4.92 Å². The van der Waals surface area contributed by atoms with Crippen molar-refractivity contribution in [3.8, 4) is 6.07 Å². The molecule has 1 saturated heterocycles. The molecular weight excluding hydrogens is 278 g/mol. The summed E-state index contributed by atoms with van der Waals surface area (Å²) >= 11 is 5.81. The summed E-state index contributed by atoms with van der Waals surface area (Å²) in [4.78, 5) is 12.5. The van der Waals surface area contributed by atoms with Gasteiger partial charge in [0.25, 0.3) is 5.69 Å². The Morgan fingerprint density at radius 2 is 1.95 bits per heavy atom. The molecule has 0 radical (unpaired) electrons. The van der Waals surface area contributed by atoms with Crippen LogP contribution in [0.4, 0.5) is 5.69 Å². The van der Waals surface area contributed by atoms with Crippen LogP contribution >= 0.6 is 11.6 Å². The van der Waals surface area contributed by atoms with Crippen molar-refractivity contribution in [1.82, 2.24) is 4.90 Å². The first-order chi connectivity index (χ1) is 9.63. The van der Waals surface area contributed by atoms with Gasteiger partial charge in [-0.2, -0.15) is 5.26 Å².